The number of hydrogen-bond acceptors (Lipinski definition) is 3. The second kappa shape index (κ2) is 5.15. The molecule has 21 heavy (non-hydrogen) atoms. The van der Waals surface area contributed by atoms with E-state index in [0.717, 1.165) is 11.1 Å². The summed E-state index contributed by atoms with van der Waals surface area (Å²) in [6, 6.07) is 7.72. The Morgan fingerprint density at radius 2 is 2.14 bits per heavy atom. The minimum atomic E-state index is -0.510. The van der Waals surface area contributed by atoms with Crippen LogP contribution in [0.2, 0.25) is 0 Å². The Kier molecular flexibility index (Phi) is 3.45. The monoisotopic (exact) mass is 287 g/mol. The zero-order valence-corrected chi connectivity index (χ0v) is 12.4. The molecule has 0 bridgehead atoms. The molecule has 0 saturated carbocycles. The third-order valence-electron chi connectivity index (χ3n) is 4.33. The maximum absolute atomic E-state index is 12.4. The van der Waals surface area contributed by atoms with Gasteiger partial charge in [-0.2, -0.15) is 0 Å². The summed E-state index contributed by atoms with van der Waals surface area (Å²) in [4.78, 5) is 24.8. The maximum Gasteiger partial charge on any atom is 0.252 e. The highest BCUT2D eigenvalue weighted by Crippen LogP contribution is 2.32. The molecule has 1 saturated heterocycles. The first kappa shape index (κ1) is 14.1. The third kappa shape index (κ3) is 2.42. The Labute approximate surface area is 124 Å². The van der Waals surface area contributed by atoms with Gasteiger partial charge in [0.05, 0.1) is 11.5 Å². The molecule has 1 aromatic carbocycles. The molecular formula is C16H21N3O2. The number of rotatable bonds is 2. The molecule has 2 aliphatic rings. The zero-order valence-electron chi connectivity index (χ0n) is 12.4. The zero-order chi connectivity index (χ0) is 15.0. The van der Waals surface area contributed by atoms with Gasteiger partial charge in [0.25, 0.3) is 5.91 Å². The van der Waals surface area contributed by atoms with Crippen molar-refractivity contribution in [2.45, 2.75) is 31.8 Å². The smallest absolute Gasteiger partial charge is 0.252 e. The van der Waals surface area contributed by atoms with Crippen LogP contribution in [0.5, 0.6) is 0 Å². The van der Waals surface area contributed by atoms with Crippen molar-refractivity contribution in [3.63, 3.8) is 0 Å². The molecular weight excluding hydrogens is 266 g/mol. The molecule has 3 rings (SSSR count). The van der Waals surface area contributed by atoms with Gasteiger partial charge in [0.2, 0.25) is 5.91 Å². The van der Waals surface area contributed by atoms with E-state index < -0.39 is 5.54 Å². The normalized spacial score (nSPS) is 27.6. The largest absolute Gasteiger partial charge is 0.354 e. The molecule has 1 spiro atoms. The van der Waals surface area contributed by atoms with Gasteiger partial charge in [0.1, 0.15) is 0 Å². The fraction of sp³-hybridized carbons (Fsp3) is 0.500. The first-order chi connectivity index (χ1) is 10.0. The lowest BCUT2D eigenvalue weighted by Gasteiger charge is -2.39. The summed E-state index contributed by atoms with van der Waals surface area (Å²) in [6.45, 7) is 5.12. The fourth-order valence-electron chi connectivity index (χ4n) is 3.38. The Bertz CT molecular complexity index is 585. The highest BCUT2D eigenvalue weighted by atomic mass is 16.2. The van der Waals surface area contributed by atoms with Gasteiger partial charge < -0.3 is 16.0 Å². The minimum Gasteiger partial charge on any atom is -0.354 e. The first-order valence-corrected chi connectivity index (χ1v) is 7.43. The molecule has 2 aliphatic heterocycles. The molecule has 2 atom stereocenters. The van der Waals surface area contributed by atoms with Crippen molar-refractivity contribution in [3.8, 4) is 0 Å². The molecule has 3 N–H and O–H groups in total. The van der Waals surface area contributed by atoms with E-state index in [9.17, 15) is 9.59 Å². The van der Waals surface area contributed by atoms with E-state index in [1.165, 1.54) is 0 Å². The second-order valence-corrected chi connectivity index (χ2v) is 6.29. The molecule has 1 fully saturated rings. The second-order valence-electron chi connectivity index (χ2n) is 6.29. The summed E-state index contributed by atoms with van der Waals surface area (Å²) in [5, 5.41) is 9.32. The Balaban J connectivity index is 1.91. The summed E-state index contributed by atoms with van der Waals surface area (Å²) in [7, 11) is 0. The van der Waals surface area contributed by atoms with Crippen LogP contribution in [0.4, 0.5) is 0 Å². The Hall–Kier alpha value is -1.88. The Morgan fingerprint density at radius 1 is 1.38 bits per heavy atom. The van der Waals surface area contributed by atoms with Crippen LogP contribution in [0.1, 0.15) is 29.8 Å². The van der Waals surface area contributed by atoms with Crippen LogP contribution < -0.4 is 16.0 Å². The molecule has 0 radical (unpaired) electrons. The van der Waals surface area contributed by atoms with Crippen molar-refractivity contribution in [1.82, 2.24) is 16.0 Å². The molecule has 2 amide bonds. The lowest BCUT2D eigenvalue weighted by molar-refractivity contribution is -0.126. The van der Waals surface area contributed by atoms with Crippen molar-refractivity contribution >= 4 is 11.8 Å². The van der Waals surface area contributed by atoms with E-state index in [0.29, 0.717) is 19.5 Å². The SMILES string of the molecule is CC(C)NC(=O)C1CNCC12Cc1ccccc1C(=O)N2. The average Bonchev–Trinajstić information content (AvgIpc) is 2.81. The number of carbonyl (C=O) groups excluding carboxylic acids is 2. The highest BCUT2D eigenvalue weighted by molar-refractivity contribution is 5.98. The molecule has 2 heterocycles. The van der Waals surface area contributed by atoms with Crippen LogP contribution in [0.15, 0.2) is 24.3 Å². The van der Waals surface area contributed by atoms with Gasteiger partial charge in [-0.3, -0.25) is 9.59 Å². The highest BCUT2D eigenvalue weighted by Gasteiger charge is 2.50. The maximum atomic E-state index is 12.4. The molecule has 112 valence electrons. The lowest BCUT2D eigenvalue weighted by atomic mass is 9.77. The van der Waals surface area contributed by atoms with E-state index in [4.69, 9.17) is 0 Å². The van der Waals surface area contributed by atoms with Crippen LogP contribution in [-0.2, 0) is 11.2 Å². The van der Waals surface area contributed by atoms with Crippen molar-refractivity contribution in [2.24, 2.45) is 5.92 Å². The van der Waals surface area contributed by atoms with E-state index in [1.54, 1.807) is 0 Å². The van der Waals surface area contributed by atoms with E-state index in [2.05, 4.69) is 16.0 Å². The van der Waals surface area contributed by atoms with Crippen LogP contribution in [-0.4, -0.2) is 36.5 Å². The number of hydrogen-bond donors (Lipinski definition) is 3. The van der Waals surface area contributed by atoms with Crippen LogP contribution in [0.3, 0.4) is 0 Å². The number of fused-ring (bicyclic) bond motifs is 1. The lowest BCUT2D eigenvalue weighted by Crippen LogP contribution is -2.62. The molecule has 5 heteroatoms. The van der Waals surface area contributed by atoms with Crippen LogP contribution in [0.25, 0.3) is 0 Å². The summed E-state index contributed by atoms with van der Waals surface area (Å²) < 4.78 is 0. The summed E-state index contributed by atoms with van der Waals surface area (Å²) in [5.74, 6) is -0.310. The molecule has 1 aromatic rings. The number of amides is 2. The molecule has 5 nitrogen and oxygen atoms in total. The summed E-state index contributed by atoms with van der Waals surface area (Å²) in [6.07, 6.45) is 0.693. The van der Waals surface area contributed by atoms with Crippen molar-refractivity contribution in [1.29, 1.82) is 0 Å². The van der Waals surface area contributed by atoms with Crippen molar-refractivity contribution in [3.05, 3.63) is 35.4 Å². The van der Waals surface area contributed by atoms with Gasteiger partial charge >= 0.3 is 0 Å². The van der Waals surface area contributed by atoms with Crippen molar-refractivity contribution < 1.29 is 9.59 Å². The van der Waals surface area contributed by atoms with Gasteiger partial charge in [-0.25, -0.2) is 0 Å². The van der Waals surface area contributed by atoms with Crippen LogP contribution >= 0.6 is 0 Å². The standard InChI is InChI=1S/C16H21N3O2/c1-10(2)18-15(21)13-8-17-9-16(13)7-11-5-3-4-6-12(11)14(20)19-16/h3-6,10,13,17H,7-9H2,1-2H3,(H,18,21)(H,19,20). The van der Waals surface area contributed by atoms with Crippen molar-refractivity contribution in [2.75, 3.05) is 13.1 Å². The van der Waals surface area contributed by atoms with Gasteiger partial charge in [0.15, 0.2) is 0 Å². The number of benzene rings is 1. The predicted octanol–water partition coefficient (Wildman–Crippen LogP) is 0.455. The van der Waals surface area contributed by atoms with Gasteiger partial charge in [-0.15, -0.1) is 0 Å². The molecule has 2 unspecified atom stereocenters. The molecule has 0 aliphatic carbocycles. The third-order valence-corrected chi connectivity index (χ3v) is 4.33. The van der Waals surface area contributed by atoms with Gasteiger partial charge in [-0.05, 0) is 31.9 Å². The first-order valence-electron chi connectivity index (χ1n) is 7.43. The quantitative estimate of drug-likeness (QED) is 0.740. The number of carbonyl (C=O) groups is 2. The average molecular weight is 287 g/mol. The minimum absolute atomic E-state index is 0.00896. The van der Waals surface area contributed by atoms with E-state index in [1.807, 2.05) is 38.1 Å². The number of nitrogens with one attached hydrogen (secondary N) is 3. The molecule has 0 aromatic heterocycles. The van der Waals surface area contributed by atoms with E-state index >= 15 is 0 Å². The fourth-order valence-corrected chi connectivity index (χ4v) is 3.38. The van der Waals surface area contributed by atoms with E-state index in [-0.39, 0.29) is 23.8 Å². The summed E-state index contributed by atoms with van der Waals surface area (Å²) >= 11 is 0. The predicted molar refractivity (Wildman–Crippen MR) is 80.0 cm³/mol. The topological polar surface area (TPSA) is 70.2 Å². The van der Waals surface area contributed by atoms with Gasteiger partial charge in [0, 0.05) is 24.7 Å². The van der Waals surface area contributed by atoms with Gasteiger partial charge in [-0.1, -0.05) is 18.2 Å². The van der Waals surface area contributed by atoms with Crippen LogP contribution in [0, 0.1) is 5.92 Å². The Morgan fingerprint density at radius 3 is 2.90 bits per heavy atom. The summed E-state index contributed by atoms with van der Waals surface area (Å²) in [5.41, 5.74) is 1.23.